The van der Waals surface area contributed by atoms with Crippen LogP contribution in [0.4, 0.5) is 0 Å². The summed E-state index contributed by atoms with van der Waals surface area (Å²) in [5.41, 5.74) is 12.0. The average Bonchev–Trinajstić information content (AvgIpc) is 3.40. The first kappa shape index (κ1) is 33.6. The second-order valence-corrected chi connectivity index (χ2v) is 24.4. The van der Waals surface area contributed by atoms with Crippen LogP contribution in [0.1, 0.15) is 127 Å². The first-order valence-corrected chi connectivity index (χ1v) is 20.5. The van der Waals surface area contributed by atoms with Gasteiger partial charge in [-0.15, -0.1) is 0 Å². The maximum absolute atomic E-state index is 2.69. The van der Waals surface area contributed by atoms with E-state index in [-0.39, 0.29) is 35.6 Å². The summed E-state index contributed by atoms with van der Waals surface area (Å²) in [7, 11) is 0. The van der Waals surface area contributed by atoms with E-state index in [0.29, 0.717) is 15.0 Å². The molecule has 0 aliphatic heterocycles. The predicted molar refractivity (Wildman–Crippen MR) is 173 cm³/mol. The van der Waals surface area contributed by atoms with Crippen molar-refractivity contribution < 1.29 is 46.1 Å². The summed E-state index contributed by atoms with van der Waals surface area (Å²) in [5, 5.41) is 0. The van der Waals surface area contributed by atoms with Crippen molar-refractivity contribution in [3.8, 4) is 11.1 Å². The standard InChI is InChI=1S/C21H25.C16H21.C3H6.2ClH.Zr/c1-20(2,3)16-7-9-18-14(12-16)11-15-13-17(21(4,5)6)8-10-19(15)18;1-11-2-3-15(4-11)16-8-12-5-13(9-16)7-14(6-12)10-16;1-3-2;;;/h7-13H,1-6H3;2-3,11-14H,5-10H2,1H3;1-2H3;2*1H;/q;;;;;+2/p-2. The molecule has 1 atom stereocenters. The molecular formula is C40H52Cl2Zr. The van der Waals surface area contributed by atoms with Crippen molar-refractivity contribution in [1.29, 1.82) is 0 Å². The molecule has 230 valence electrons. The summed E-state index contributed by atoms with van der Waals surface area (Å²) in [4.78, 5) is 0. The average molecular weight is 695 g/mol. The fourth-order valence-electron chi connectivity index (χ4n) is 10.2. The van der Waals surface area contributed by atoms with Crippen molar-refractivity contribution >= 4 is 3.21 Å². The van der Waals surface area contributed by atoms with Crippen molar-refractivity contribution in [2.24, 2.45) is 29.1 Å². The molecule has 4 fully saturated rings. The molecule has 4 saturated carbocycles. The number of hydrogen-bond acceptors (Lipinski definition) is 0. The number of halogens is 2. The van der Waals surface area contributed by atoms with Gasteiger partial charge in [-0.1, -0.05) is 0 Å². The fraction of sp³-hybridized carbons (Fsp3) is 0.575. The van der Waals surface area contributed by atoms with E-state index in [4.69, 9.17) is 0 Å². The van der Waals surface area contributed by atoms with Crippen LogP contribution in [-0.2, 0) is 32.1 Å². The molecule has 4 bridgehead atoms. The van der Waals surface area contributed by atoms with Crippen LogP contribution < -0.4 is 24.8 Å². The van der Waals surface area contributed by atoms with Crippen LogP contribution in [0.3, 0.4) is 0 Å². The monoisotopic (exact) mass is 692 g/mol. The van der Waals surface area contributed by atoms with Gasteiger partial charge in [0, 0.05) is 0 Å². The normalized spacial score (nSPS) is 28.7. The predicted octanol–water partition coefficient (Wildman–Crippen LogP) is 4.87. The van der Waals surface area contributed by atoms with Gasteiger partial charge in [0.15, 0.2) is 0 Å². The Balaban J connectivity index is 0.00000184. The zero-order chi connectivity index (χ0) is 29.1. The number of rotatable bonds is 3. The number of fused-ring (bicyclic) bond motifs is 3. The molecule has 2 aromatic rings. The third kappa shape index (κ3) is 5.53. The number of hydrogen-bond donors (Lipinski definition) is 0. The molecule has 0 nitrogen and oxygen atoms in total. The van der Waals surface area contributed by atoms with E-state index in [1.54, 1.807) is 14.3 Å². The number of allylic oxidation sites excluding steroid dienone is 4. The van der Waals surface area contributed by atoms with Gasteiger partial charge in [-0.05, 0) is 0 Å². The van der Waals surface area contributed by atoms with Gasteiger partial charge in [0.25, 0.3) is 0 Å². The molecular weight excluding hydrogens is 643 g/mol. The van der Waals surface area contributed by atoms with Crippen molar-refractivity contribution in [2.45, 2.75) is 115 Å². The van der Waals surface area contributed by atoms with Crippen LogP contribution in [-0.4, -0.2) is 3.21 Å². The van der Waals surface area contributed by atoms with Gasteiger partial charge in [-0.25, -0.2) is 0 Å². The largest absolute Gasteiger partial charge is 1.00 e. The molecule has 0 heterocycles. The molecule has 0 saturated heterocycles. The zero-order valence-electron chi connectivity index (χ0n) is 28.0. The fourth-order valence-corrected chi connectivity index (χ4v) is 19.4. The van der Waals surface area contributed by atoms with Crippen LogP contribution in [0, 0.1) is 29.1 Å². The SMILES string of the molecule is C[C](C)=[Zr+2]([C]1=C(C23CC4CC(CC(C4)C2)C3)C=CC1C)[CH]1c2cc(C(C)(C)C)ccc2-c2ccc(C(C)(C)C)cc21.[Cl-].[Cl-]. The zero-order valence-corrected chi connectivity index (χ0v) is 32.0. The Morgan fingerprint density at radius 3 is 1.56 bits per heavy atom. The topological polar surface area (TPSA) is 0 Å². The molecule has 1 unspecified atom stereocenters. The van der Waals surface area contributed by atoms with Gasteiger partial charge in [-0.3, -0.25) is 0 Å². The van der Waals surface area contributed by atoms with Gasteiger partial charge in [-0.2, -0.15) is 0 Å². The summed E-state index contributed by atoms with van der Waals surface area (Å²) in [6.45, 7) is 21.9. The summed E-state index contributed by atoms with van der Waals surface area (Å²) in [5.74, 6) is 3.59. The molecule has 0 spiro atoms. The van der Waals surface area contributed by atoms with Crippen LogP contribution in [0.15, 0.2) is 57.4 Å². The molecule has 3 heteroatoms. The van der Waals surface area contributed by atoms with E-state index < -0.39 is 21.3 Å². The minimum atomic E-state index is -2.37. The Morgan fingerprint density at radius 1 is 0.721 bits per heavy atom. The first-order chi connectivity index (χ1) is 19.2. The van der Waals surface area contributed by atoms with E-state index in [1.807, 2.05) is 8.85 Å². The second kappa shape index (κ2) is 11.5. The van der Waals surface area contributed by atoms with Gasteiger partial charge in [0.1, 0.15) is 0 Å². The summed E-state index contributed by atoms with van der Waals surface area (Å²) in [6, 6.07) is 15.1. The minimum Gasteiger partial charge on any atom is -1.00 e. The third-order valence-electron chi connectivity index (χ3n) is 11.8. The molecule has 43 heavy (non-hydrogen) atoms. The summed E-state index contributed by atoms with van der Waals surface area (Å²) < 4.78 is 4.34. The summed E-state index contributed by atoms with van der Waals surface area (Å²) >= 11 is -2.37. The third-order valence-corrected chi connectivity index (χ3v) is 20.6. The maximum atomic E-state index is 2.69. The molecule has 2 aromatic carbocycles. The molecule has 0 radical (unpaired) electrons. The van der Waals surface area contributed by atoms with E-state index in [2.05, 4.69) is 111 Å². The van der Waals surface area contributed by atoms with Crippen molar-refractivity contribution in [2.75, 3.05) is 0 Å². The van der Waals surface area contributed by atoms with E-state index in [0.717, 1.165) is 17.8 Å². The Kier molecular flexibility index (Phi) is 8.99. The van der Waals surface area contributed by atoms with Crippen molar-refractivity contribution in [3.63, 3.8) is 0 Å². The Labute approximate surface area is 282 Å². The van der Waals surface area contributed by atoms with Crippen LogP contribution in [0.2, 0.25) is 0 Å². The second-order valence-electron chi connectivity index (χ2n) is 17.1. The molecule has 0 aromatic heterocycles. The minimum absolute atomic E-state index is 0. The number of benzene rings is 2. The Hall–Kier alpha value is -0.747. The molecule has 8 rings (SSSR count). The van der Waals surface area contributed by atoms with E-state index in [9.17, 15) is 0 Å². The smallest absolute Gasteiger partial charge is 1.00 e. The van der Waals surface area contributed by atoms with Gasteiger partial charge in [0.05, 0.1) is 0 Å². The van der Waals surface area contributed by atoms with Crippen molar-refractivity contribution in [1.82, 2.24) is 0 Å². The Bertz CT molecular complexity index is 1420. The molecule has 0 N–H and O–H groups in total. The quantitative estimate of drug-likeness (QED) is 0.431. The van der Waals surface area contributed by atoms with Crippen LogP contribution in [0.25, 0.3) is 11.1 Å². The summed E-state index contributed by atoms with van der Waals surface area (Å²) in [6.07, 6.45) is 14.3. The van der Waals surface area contributed by atoms with Gasteiger partial charge < -0.3 is 24.8 Å². The van der Waals surface area contributed by atoms with Gasteiger partial charge in [0.2, 0.25) is 0 Å². The molecule has 0 amide bonds. The van der Waals surface area contributed by atoms with Gasteiger partial charge >= 0.3 is 260 Å². The molecule has 6 aliphatic carbocycles. The molecule has 6 aliphatic rings. The van der Waals surface area contributed by atoms with Crippen LogP contribution >= 0.6 is 0 Å². The first-order valence-electron chi connectivity index (χ1n) is 16.6. The van der Waals surface area contributed by atoms with E-state index in [1.165, 1.54) is 60.8 Å². The Morgan fingerprint density at radius 2 is 1.16 bits per heavy atom. The van der Waals surface area contributed by atoms with E-state index >= 15 is 0 Å². The van der Waals surface area contributed by atoms with Crippen molar-refractivity contribution in [3.05, 3.63) is 79.7 Å². The van der Waals surface area contributed by atoms with Crippen LogP contribution in [0.5, 0.6) is 0 Å². The maximum Gasteiger partial charge on any atom is -1.00 e.